The summed E-state index contributed by atoms with van der Waals surface area (Å²) in [6.45, 7) is -2.58. The van der Waals surface area contributed by atoms with E-state index in [2.05, 4.69) is 0 Å². The van der Waals surface area contributed by atoms with E-state index < -0.39 is 293 Å². The topological polar surface area (TPSA) is 677 Å². The summed E-state index contributed by atoms with van der Waals surface area (Å²) in [6.07, 6.45) is -24.7. The van der Waals surface area contributed by atoms with Crippen LogP contribution in [0.2, 0.25) is 0 Å². The summed E-state index contributed by atoms with van der Waals surface area (Å²) in [6, 6.07) is 5.20. The van der Waals surface area contributed by atoms with Crippen LogP contribution in [0.5, 0.6) is 126 Å². The largest absolute Gasteiger partial charge is 0.504 e. The highest BCUT2D eigenvalue weighted by Gasteiger charge is 2.55. The molecule has 7 aromatic rings. The maximum Gasteiger partial charge on any atom is 0.344 e. The Morgan fingerprint density at radius 3 is 1.31 bits per heavy atom. The third-order valence-corrected chi connectivity index (χ3v) is 15.3. The number of ether oxygens (including phenoxy) is 10. The molecule has 3 heterocycles. The summed E-state index contributed by atoms with van der Waals surface area (Å²) in [5, 5.41) is 244. The fraction of sp³-hybridized carbons (Fsp3) is 0.197. The second-order valence-corrected chi connectivity index (χ2v) is 21.6. The number of hydrogen-bond donors (Lipinski definition) is 23. The number of phenols is 20. The quantitative estimate of drug-likeness (QED) is 0.0431. The molecule has 0 amide bonds. The maximum atomic E-state index is 14.5. The van der Waals surface area contributed by atoms with Crippen LogP contribution in [0.3, 0.4) is 0 Å². The van der Waals surface area contributed by atoms with Crippen molar-refractivity contribution in [2.24, 2.45) is 0 Å². The van der Waals surface area contributed by atoms with E-state index >= 15 is 0 Å². The Morgan fingerprint density at radius 1 is 0.396 bits per heavy atom. The molecule has 101 heavy (non-hydrogen) atoms. The molecular formula is C61H48O40. The molecule has 0 aromatic heterocycles. The zero-order chi connectivity index (χ0) is 74.0. The highest BCUT2D eigenvalue weighted by molar-refractivity contribution is 6.08. The van der Waals surface area contributed by atoms with Gasteiger partial charge in [0.25, 0.3) is 0 Å². The lowest BCUT2D eigenvalue weighted by Gasteiger charge is -2.42. The molecule has 2 saturated heterocycles. The van der Waals surface area contributed by atoms with Gasteiger partial charge in [0, 0.05) is 17.2 Å². The molecular weight excluding hydrogens is 1370 g/mol. The zero-order valence-corrected chi connectivity index (χ0v) is 49.8. The minimum atomic E-state index is -2.73. The Labute approximate surface area is 556 Å². The fourth-order valence-electron chi connectivity index (χ4n) is 10.2. The monoisotopic (exact) mass is 1420 g/mol. The number of carbonyl (C=O) groups is 7. The first kappa shape index (κ1) is 70.2. The highest BCUT2D eigenvalue weighted by Crippen LogP contribution is 2.54. The van der Waals surface area contributed by atoms with Gasteiger partial charge in [0.15, 0.2) is 122 Å². The molecule has 7 unspecified atom stereocenters. The van der Waals surface area contributed by atoms with Gasteiger partial charge in [-0.1, -0.05) is 0 Å². The molecule has 0 bridgehead atoms. The first-order valence-electron chi connectivity index (χ1n) is 28.1. The third-order valence-electron chi connectivity index (χ3n) is 15.3. The summed E-state index contributed by atoms with van der Waals surface area (Å²) in [5.41, 5.74) is -9.37. The molecule has 532 valence electrons. The number of aliphatic hydroxyl groups is 3. The predicted molar refractivity (Wildman–Crippen MR) is 312 cm³/mol. The number of hydrogen-bond acceptors (Lipinski definition) is 40. The Balaban J connectivity index is 0.980. The van der Waals surface area contributed by atoms with E-state index in [4.69, 9.17) is 47.4 Å². The van der Waals surface area contributed by atoms with Crippen LogP contribution in [0, 0.1) is 0 Å². The third kappa shape index (κ3) is 12.9. The van der Waals surface area contributed by atoms with Crippen LogP contribution < -0.4 is 4.74 Å². The van der Waals surface area contributed by atoms with Crippen molar-refractivity contribution in [3.05, 3.63) is 106 Å². The van der Waals surface area contributed by atoms with Crippen LogP contribution in [-0.4, -0.2) is 234 Å². The average Bonchev–Trinajstić information content (AvgIpc) is 1.74. The number of benzene rings is 7. The van der Waals surface area contributed by atoms with E-state index in [0.717, 1.165) is 0 Å². The van der Waals surface area contributed by atoms with Crippen molar-refractivity contribution >= 4 is 41.8 Å². The van der Waals surface area contributed by atoms with Crippen LogP contribution in [-0.2, 0) is 42.6 Å². The summed E-state index contributed by atoms with van der Waals surface area (Å²) in [5.74, 6) is -41.4. The zero-order valence-electron chi connectivity index (χ0n) is 49.8. The molecule has 40 heteroatoms. The number of esters is 7. The van der Waals surface area contributed by atoms with Crippen LogP contribution in [0.4, 0.5) is 0 Å². The average molecular weight is 1420 g/mol. The van der Waals surface area contributed by atoms with Gasteiger partial charge in [-0.3, -0.25) is 0 Å². The Bertz CT molecular complexity index is 4550. The van der Waals surface area contributed by atoms with Crippen molar-refractivity contribution in [2.75, 3.05) is 13.2 Å². The highest BCUT2D eigenvalue weighted by atomic mass is 16.8. The lowest BCUT2D eigenvalue weighted by atomic mass is 9.92. The van der Waals surface area contributed by atoms with Crippen molar-refractivity contribution in [3.8, 4) is 138 Å². The number of aromatic hydroxyl groups is 20. The van der Waals surface area contributed by atoms with Gasteiger partial charge >= 0.3 is 41.8 Å². The second kappa shape index (κ2) is 26.8. The smallest absolute Gasteiger partial charge is 0.344 e. The molecule has 23 N–H and O–H groups in total. The van der Waals surface area contributed by atoms with Crippen molar-refractivity contribution in [1.29, 1.82) is 0 Å². The number of carbonyl (C=O) groups excluding carboxylic acids is 7. The number of cyclic esters (lactones) is 1. The Morgan fingerprint density at radius 2 is 0.812 bits per heavy atom. The Kier molecular flexibility index (Phi) is 18.6. The van der Waals surface area contributed by atoms with Crippen molar-refractivity contribution < 1.29 is 198 Å². The van der Waals surface area contributed by atoms with Crippen molar-refractivity contribution in [3.63, 3.8) is 0 Å². The van der Waals surface area contributed by atoms with Crippen LogP contribution in [0.25, 0.3) is 11.1 Å². The van der Waals surface area contributed by atoms with Gasteiger partial charge in [-0.25, -0.2) is 33.6 Å². The van der Waals surface area contributed by atoms with Gasteiger partial charge < -0.3 is 165 Å². The van der Waals surface area contributed by atoms with E-state index in [1.807, 2.05) is 0 Å². The normalized spacial score (nSPS) is 20.9. The first-order chi connectivity index (χ1) is 47.5. The molecule has 0 radical (unpaired) electrons. The summed E-state index contributed by atoms with van der Waals surface area (Å²) < 4.78 is 54.6. The number of fused-ring (bicyclic) bond motifs is 4. The predicted octanol–water partition coefficient (Wildman–Crippen LogP) is 0.808. The van der Waals surface area contributed by atoms with Gasteiger partial charge in [0.1, 0.15) is 36.0 Å². The first-order valence-corrected chi connectivity index (χ1v) is 28.1. The molecule has 7 aromatic carbocycles. The van der Waals surface area contributed by atoms with Gasteiger partial charge in [-0.15, -0.1) is 0 Å². The minimum Gasteiger partial charge on any atom is -0.504 e. The number of phenolic OH excluding ortho intramolecular Hbond substituents is 20. The fourth-order valence-corrected chi connectivity index (χ4v) is 10.2. The van der Waals surface area contributed by atoms with Crippen LogP contribution >= 0.6 is 0 Å². The second-order valence-electron chi connectivity index (χ2n) is 21.6. The summed E-state index contributed by atoms with van der Waals surface area (Å²) in [4.78, 5) is 98.1. The lowest BCUT2D eigenvalue weighted by Crippen LogP contribution is -2.62. The van der Waals surface area contributed by atoms with Gasteiger partial charge in [-0.2, -0.15) is 0 Å². The maximum absolute atomic E-state index is 14.5. The molecule has 0 aliphatic carbocycles. The molecule has 40 nitrogen and oxygen atoms in total. The SMILES string of the molecule is O=C(OC1OC(CO)C(O)C(OC(=O)c2cc(O)c(O)c(O)c2)C1OC(=O)c1cc(O)c(O)c(O)c1Oc1ccc(C(=O)O[C@@H]2OC3COC(=O)c4cc(O)c(O)c(O)c4-c4c(cc(O)c(O)c4O)C(=O)O[C@H]3C(OC(=O)c3cc(O)c(O)c(O)c3)[C@@H]2O)c(O)c1O)c1cc(O)c(O)c(O)c1. The number of rotatable bonds is 13. The molecule has 3 aliphatic heterocycles. The van der Waals surface area contributed by atoms with E-state index in [1.54, 1.807) is 0 Å². The van der Waals surface area contributed by atoms with Crippen LogP contribution in [0.15, 0.2) is 66.7 Å². The molecule has 0 saturated carbocycles. The Hall–Kier alpha value is -13.6. The number of aliphatic hydroxyl groups excluding tert-OH is 3. The summed E-state index contributed by atoms with van der Waals surface area (Å²) in [7, 11) is 0. The van der Waals surface area contributed by atoms with E-state index in [9.17, 15) is 151 Å². The minimum absolute atomic E-state index is 0.268. The van der Waals surface area contributed by atoms with E-state index in [1.165, 1.54) is 0 Å². The van der Waals surface area contributed by atoms with Gasteiger partial charge in [0.05, 0.1) is 34.4 Å². The van der Waals surface area contributed by atoms with Gasteiger partial charge in [-0.05, 0) is 60.7 Å². The van der Waals surface area contributed by atoms with Crippen molar-refractivity contribution in [1.82, 2.24) is 0 Å². The molecule has 10 rings (SSSR count). The molecule has 10 atom stereocenters. The molecule has 2 fully saturated rings. The standard InChI is InChI=1S/C61H48O40/c62-12-31-43(80)50(97-53(85)14-3-21(63)36(73)22(64)4-14)52(61(94-31)100-55(87)16-7-25(67)38(75)26(68)8-16)99-59(91)20-11-29(71)41(78)46(83)48(20)93-30-2-1-17(35(72)42(30)79)57(89)101-60-47(84)51(98-54(86)15-5-23(65)37(74)24(66)6-15)49-32(95-60)13-92-56(88)18-9-27(69)39(76)44(81)33(18)34-19(58(90)96-49)10-28(70)40(77)45(34)82/h1-11,31-32,43,47,49-52,60-84H,12-13H2/t31?,32?,43?,47-,49+,50?,51?,52?,60-,61?/m0/s1. The van der Waals surface area contributed by atoms with Gasteiger partial charge in [0.2, 0.25) is 47.4 Å². The summed E-state index contributed by atoms with van der Waals surface area (Å²) >= 11 is 0. The van der Waals surface area contributed by atoms with E-state index in [0.29, 0.717) is 60.7 Å². The van der Waals surface area contributed by atoms with E-state index in [-0.39, 0.29) is 6.07 Å². The molecule has 3 aliphatic rings. The molecule has 0 spiro atoms. The van der Waals surface area contributed by atoms with Crippen molar-refractivity contribution in [2.45, 2.75) is 61.4 Å². The van der Waals surface area contributed by atoms with Crippen LogP contribution in [0.1, 0.15) is 72.5 Å². The lowest BCUT2D eigenvalue weighted by molar-refractivity contribution is -0.283.